The highest BCUT2D eigenvalue weighted by molar-refractivity contribution is 5.99. The maximum absolute atomic E-state index is 11.3. The van der Waals surface area contributed by atoms with Gasteiger partial charge in [-0.1, -0.05) is 26.0 Å². The second-order valence-corrected chi connectivity index (χ2v) is 4.90. The molecular weight excluding hydrogens is 274 g/mol. The third-order valence-corrected chi connectivity index (χ3v) is 3.01. The van der Waals surface area contributed by atoms with Crippen molar-refractivity contribution in [1.29, 1.82) is 0 Å². The van der Waals surface area contributed by atoms with Crippen molar-refractivity contribution >= 4 is 17.8 Å². The van der Waals surface area contributed by atoms with Gasteiger partial charge in [-0.25, -0.2) is 9.59 Å². The fourth-order valence-corrected chi connectivity index (χ4v) is 2.00. The van der Waals surface area contributed by atoms with Gasteiger partial charge in [-0.15, -0.1) is 0 Å². The van der Waals surface area contributed by atoms with E-state index in [1.165, 1.54) is 12.1 Å². The third-order valence-electron chi connectivity index (χ3n) is 3.01. The lowest BCUT2D eigenvalue weighted by Crippen LogP contribution is -2.17. The summed E-state index contributed by atoms with van der Waals surface area (Å²) in [6, 6.07) is 6.07. The van der Waals surface area contributed by atoms with Crippen LogP contribution in [0.3, 0.4) is 0 Å². The molecular formula is C15H17NO5. The summed E-state index contributed by atoms with van der Waals surface area (Å²) in [5, 5.41) is 18.4. The Balaban J connectivity index is 3.20. The second kappa shape index (κ2) is 6.69. The molecule has 4 N–H and O–H groups in total. The number of aliphatic carboxylic acids is 2. The maximum Gasteiger partial charge on any atom is 0.332 e. The number of hydrogen-bond acceptors (Lipinski definition) is 3. The van der Waals surface area contributed by atoms with Crippen molar-refractivity contribution < 1.29 is 24.6 Å². The van der Waals surface area contributed by atoms with Crippen molar-refractivity contribution in [3.8, 4) is 0 Å². The van der Waals surface area contributed by atoms with Gasteiger partial charge in [-0.05, 0) is 23.6 Å². The molecule has 0 aromatic heterocycles. The molecule has 1 rings (SSSR count). The Labute approximate surface area is 121 Å². The van der Waals surface area contributed by atoms with Crippen LogP contribution in [0.2, 0.25) is 0 Å². The van der Waals surface area contributed by atoms with Gasteiger partial charge >= 0.3 is 11.9 Å². The fraction of sp³-hybridized carbons (Fsp3) is 0.267. The van der Waals surface area contributed by atoms with Gasteiger partial charge in [0.2, 0.25) is 5.91 Å². The van der Waals surface area contributed by atoms with Crippen molar-refractivity contribution in [3.63, 3.8) is 0 Å². The summed E-state index contributed by atoms with van der Waals surface area (Å²) in [6.07, 6.45) is -0.0335. The summed E-state index contributed by atoms with van der Waals surface area (Å²) in [5.74, 6) is -3.50. The molecule has 0 unspecified atom stereocenters. The molecule has 0 fully saturated rings. The van der Waals surface area contributed by atoms with Crippen LogP contribution in [0.25, 0.3) is 0 Å². The minimum atomic E-state index is -1.26. The Bertz CT molecular complexity index is 599. The van der Waals surface area contributed by atoms with Gasteiger partial charge < -0.3 is 15.9 Å². The molecule has 6 nitrogen and oxygen atoms in total. The molecule has 0 atom stereocenters. The van der Waals surface area contributed by atoms with E-state index < -0.39 is 23.8 Å². The van der Waals surface area contributed by atoms with Gasteiger partial charge in [-0.3, -0.25) is 4.79 Å². The number of carbonyl (C=O) groups excluding carboxylic acids is 1. The van der Waals surface area contributed by atoms with Crippen molar-refractivity contribution in [2.24, 2.45) is 11.7 Å². The smallest absolute Gasteiger partial charge is 0.332 e. The summed E-state index contributed by atoms with van der Waals surface area (Å²) in [4.78, 5) is 33.5. The lowest BCUT2D eigenvalue weighted by molar-refractivity contribution is -0.136. The molecule has 112 valence electrons. The summed E-state index contributed by atoms with van der Waals surface area (Å²) in [7, 11) is 0. The summed E-state index contributed by atoms with van der Waals surface area (Å²) in [5.41, 5.74) is 5.74. The first-order chi connectivity index (χ1) is 9.73. The molecule has 6 heteroatoms. The normalized spacial score (nSPS) is 12.0. The van der Waals surface area contributed by atoms with E-state index in [4.69, 9.17) is 5.73 Å². The minimum absolute atomic E-state index is 0.0335. The highest BCUT2D eigenvalue weighted by atomic mass is 16.4. The molecule has 21 heavy (non-hydrogen) atoms. The number of primary amides is 1. The van der Waals surface area contributed by atoms with E-state index in [0.29, 0.717) is 11.1 Å². The predicted molar refractivity (Wildman–Crippen MR) is 75.8 cm³/mol. The maximum atomic E-state index is 11.3. The molecule has 0 saturated heterocycles. The molecule has 0 radical (unpaired) electrons. The number of carboxylic acids is 2. The molecule has 0 heterocycles. The van der Waals surface area contributed by atoms with Gasteiger partial charge in [0.25, 0.3) is 0 Å². The second-order valence-electron chi connectivity index (χ2n) is 4.90. The quantitative estimate of drug-likeness (QED) is 0.685. The number of amides is 1. The summed E-state index contributed by atoms with van der Waals surface area (Å²) < 4.78 is 0. The molecule has 1 aromatic rings. The van der Waals surface area contributed by atoms with Crippen molar-refractivity contribution in [1.82, 2.24) is 0 Å². The first-order valence-corrected chi connectivity index (χ1v) is 6.32. The number of nitrogens with two attached hydrogens (primary N) is 1. The van der Waals surface area contributed by atoms with Gasteiger partial charge in [-0.2, -0.15) is 0 Å². The first kappa shape index (κ1) is 16.4. The van der Waals surface area contributed by atoms with E-state index in [1.54, 1.807) is 26.0 Å². The number of rotatable bonds is 6. The molecule has 0 spiro atoms. The van der Waals surface area contributed by atoms with Crippen LogP contribution < -0.4 is 5.73 Å². The van der Waals surface area contributed by atoms with E-state index in [0.717, 1.165) is 0 Å². The van der Waals surface area contributed by atoms with Gasteiger partial charge in [0, 0.05) is 12.0 Å². The van der Waals surface area contributed by atoms with Crippen molar-refractivity contribution in [2.45, 2.75) is 20.3 Å². The Morgan fingerprint density at radius 3 is 1.90 bits per heavy atom. The van der Waals surface area contributed by atoms with Crippen LogP contribution >= 0.6 is 0 Å². The highest BCUT2D eigenvalue weighted by Gasteiger charge is 2.23. The standard InChI is InChI=1S/C15H17NO5/c1-8(2)12(15(20)21)11(14(18)19)7-9-3-5-10(6-4-9)13(16)17/h3-6,8H,7H2,1-2H3,(H2,16,17)(H,18,19)(H,20,21). The van der Waals surface area contributed by atoms with Crippen LogP contribution in [-0.4, -0.2) is 28.1 Å². The molecule has 0 aliphatic carbocycles. The Kier molecular flexibility index (Phi) is 5.24. The van der Waals surface area contributed by atoms with Crippen LogP contribution in [0.15, 0.2) is 35.4 Å². The zero-order valence-electron chi connectivity index (χ0n) is 11.8. The van der Waals surface area contributed by atoms with Gasteiger partial charge in [0.1, 0.15) is 0 Å². The van der Waals surface area contributed by atoms with Crippen LogP contribution in [0, 0.1) is 5.92 Å². The van der Waals surface area contributed by atoms with Crippen LogP contribution in [0.1, 0.15) is 29.8 Å². The lowest BCUT2D eigenvalue weighted by atomic mass is 9.92. The van der Waals surface area contributed by atoms with Crippen LogP contribution in [0.4, 0.5) is 0 Å². The zero-order chi connectivity index (χ0) is 16.2. The van der Waals surface area contributed by atoms with E-state index in [1.807, 2.05) is 0 Å². The Morgan fingerprint density at radius 2 is 1.57 bits per heavy atom. The van der Waals surface area contributed by atoms with E-state index in [2.05, 4.69) is 0 Å². The molecule has 0 saturated carbocycles. The average Bonchev–Trinajstić information content (AvgIpc) is 2.37. The van der Waals surface area contributed by atoms with Crippen LogP contribution in [-0.2, 0) is 16.0 Å². The summed E-state index contributed by atoms with van der Waals surface area (Å²) in [6.45, 7) is 3.26. The molecule has 0 aliphatic heterocycles. The first-order valence-electron chi connectivity index (χ1n) is 6.32. The van der Waals surface area contributed by atoms with Crippen molar-refractivity contribution in [3.05, 3.63) is 46.5 Å². The van der Waals surface area contributed by atoms with E-state index in [-0.39, 0.29) is 17.6 Å². The van der Waals surface area contributed by atoms with Crippen molar-refractivity contribution in [2.75, 3.05) is 0 Å². The minimum Gasteiger partial charge on any atom is -0.478 e. The average molecular weight is 291 g/mol. The lowest BCUT2D eigenvalue weighted by Gasteiger charge is -2.12. The molecule has 1 aromatic carbocycles. The zero-order valence-corrected chi connectivity index (χ0v) is 11.8. The monoisotopic (exact) mass is 291 g/mol. The van der Waals surface area contributed by atoms with Gasteiger partial charge in [0.05, 0.1) is 11.1 Å². The fourth-order valence-electron chi connectivity index (χ4n) is 2.00. The number of hydrogen-bond donors (Lipinski definition) is 3. The number of carbonyl (C=O) groups is 3. The topological polar surface area (TPSA) is 118 Å². The number of benzene rings is 1. The Morgan fingerprint density at radius 1 is 1.05 bits per heavy atom. The largest absolute Gasteiger partial charge is 0.478 e. The molecule has 0 aliphatic rings. The summed E-state index contributed by atoms with van der Waals surface area (Å²) >= 11 is 0. The molecule has 0 bridgehead atoms. The highest BCUT2D eigenvalue weighted by Crippen LogP contribution is 2.20. The van der Waals surface area contributed by atoms with E-state index in [9.17, 15) is 24.6 Å². The predicted octanol–water partition coefficient (Wildman–Crippen LogP) is 1.45. The van der Waals surface area contributed by atoms with Crippen LogP contribution in [0.5, 0.6) is 0 Å². The number of carboxylic acid groups (broad SMARTS) is 2. The Hall–Kier alpha value is -2.63. The van der Waals surface area contributed by atoms with E-state index >= 15 is 0 Å². The third kappa shape index (κ3) is 4.17. The molecule has 1 amide bonds. The SMILES string of the molecule is CC(C)C(C(=O)O)=C(Cc1ccc(C(N)=O)cc1)C(=O)O. The van der Waals surface area contributed by atoms with Gasteiger partial charge in [0.15, 0.2) is 0 Å².